The van der Waals surface area contributed by atoms with E-state index in [0.29, 0.717) is 11.6 Å². The molecule has 23 heavy (non-hydrogen) atoms. The Morgan fingerprint density at radius 2 is 2.09 bits per heavy atom. The fourth-order valence-corrected chi connectivity index (χ4v) is 4.13. The predicted molar refractivity (Wildman–Crippen MR) is 93.5 cm³/mol. The van der Waals surface area contributed by atoms with Gasteiger partial charge >= 0.3 is 5.97 Å². The molecular formula is C19H19NO2S. The first-order valence-electron chi connectivity index (χ1n) is 7.90. The summed E-state index contributed by atoms with van der Waals surface area (Å²) in [5.41, 5.74) is 4.16. The maximum absolute atomic E-state index is 11.3. The van der Waals surface area contributed by atoms with Crippen molar-refractivity contribution in [2.24, 2.45) is 0 Å². The number of aromatic carboxylic acids is 1. The molecule has 1 spiro atoms. The molecule has 1 saturated carbocycles. The number of hydrogen-bond donors (Lipinski definition) is 2. The van der Waals surface area contributed by atoms with E-state index >= 15 is 0 Å². The monoisotopic (exact) mass is 325 g/mol. The van der Waals surface area contributed by atoms with Crippen molar-refractivity contribution in [3.8, 4) is 0 Å². The van der Waals surface area contributed by atoms with Crippen molar-refractivity contribution < 1.29 is 9.90 Å². The summed E-state index contributed by atoms with van der Waals surface area (Å²) < 4.78 is 0. The van der Waals surface area contributed by atoms with Gasteiger partial charge in [0.25, 0.3) is 0 Å². The quantitative estimate of drug-likeness (QED) is 0.803. The highest BCUT2D eigenvalue weighted by atomic mass is 32.2. The van der Waals surface area contributed by atoms with Crippen molar-refractivity contribution in [3.05, 3.63) is 59.2 Å². The van der Waals surface area contributed by atoms with Gasteiger partial charge in [-0.25, -0.2) is 4.79 Å². The van der Waals surface area contributed by atoms with Crippen LogP contribution < -0.4 is 5.32 Å². The van der Waals surface area contributed by atoms with Crippen molar-refractivity contribution in [2.75, 3.05) is 11.6 Å². The number of anilines is 1. The molecule has 0 saturated heterocycles. The lowest BCUT2D eigenvalue weighted by atomic mass is 9.81. The summed E-state index contributed by atoms with van der Waals surface area (Å²) in [5, 5.41) is 12.9. The van der Waals surface area contributed by atoms with Crippen LogP contribution in [0.2, 0.25) is 0 Å². The molecule has 1 aliphatic heterocycles. The minimum atomic E-state index is -0.849. The maximum atomic E-state index is 11.3. The van der Waals surface area contributed by atoms with E-state index < -0.39 is 5.97 Å². The van der Waals surface area contributed by atoms with Crippen LogP contribution in [0.1, 0.15) is 46.8 Å². The molecule has 1 heterocycles. The molecule has 4 heteroatoms. The minimum Gasteiger partial charge on any atom is -0.478 e. The van der Waals surface area contributed by atoms with Gasteiger partial charge < -0.3 is 10.4 Å². The van der Waals surface area contributed by atoms with Crippen molar-refractivity contribution in [2.45, 2.75) is 35.6 Å². The number of hydrogen-bond acceptors (Lipinski definition) is 3. The van der Waals surface area contributed by atoms with E-state index in [1.165, 1.54) is 16.0 Å². The summed E-state index contributed by atoms with van der Waals surface area (Å²) in [6.45, 7) is 0. The van der Waals surface area contributed by atoms with Crippen molar-refractivity contribution >= 4 is 23.4 Å². The molecule has 2 aromatic rings. The third-order valence-corrected chi connectivity index (χ3v) is 5.84. The molecule has 2 aromatic carbocycles. The summed E-state index contributed by atoms with van der Waals surface area (Å²) in [7, 11) is 0. The highest BCUT2D eigenvalue weighted by molar-refractivity contribution is 7.98. The molecule has 2 aliphatic rings. The van der Waals surface area contributed by atoms with Crippen LogP contribution in [0.5, 0.6) is 0 Å². The predicted octanol–water partition coefficient (Wildman–Crippen LogP) is 4.70. The van der Waals surface area contributed by atoms with Gasteiger partial charge in [-0.05, 0) is 72.4 Å². The summed E-state index contributed by atoms with van der Waals surface area (Å²) >= 11 is 1.76. The number of carboxylic acid groups (broad SMARTS) is 1. The number of benzene rings is 2. The second-order valence-electron chi connectivity index (χ2n) is 6.52. The van der Waals surface area contributed by atoms with E-state index in [1.807, 2.05) is 12.1 Å². The molecule has 1 atom stereocenters. The second-order valence-corrected chi connectivity index (χ2v) is 7.40. The van der Waals surface area contributed by atoms with Gasteiger partial charge in [0.05, 0.1) is 11.6 Å². The summed E-state index contributed by atoms with van der Waals surface area (Å²) in [4.78, 5) is 12.5. The fourth-order valence-electron chi connectivity index (χ4n) is 3.67. The van der Waals surface area contributed by atoms with E-state index in [2.05, 4.69) is 35.8 Å². The fraction of sp³-hybridized carbons (Fsp3) is 0.316. The third-order valence-electron chi connectivity index (χ3n) is 5.11. The van der Waals surface area contributed by atoms with Gasteiger partial charge in [-0.3, -0.25) is 0 Å². The molecule has 2 N–H and O–H groups in total. The number of nitrogens with one attached hydrogen (secondary N) is 1. The molecule has 3 nitrogen and oxygen atoms in total. The highest BCUT2D eigenvalue weighted by Crippen LogP contribution is 2.59. The van der Waals surface area contributed by atoms with Crippen LogP contribution in [0.3, 0.4) is 0 Å². The van der Waals surface area contributed by atoms with Gasteiger partial charge in [-0.1, -0.05) is 12.1 Å². The zero-order valence-electron chi connectivity index (χ0n) is 13.0. The lowest BCUT2D eigenvalue weighted by Crippen LogP contribution is -2.26. The Labute approximate surface area is 140 Å². The molecular weight excluding hydrogens is 306 g/mol. The van der Waals surface area contributed by atoms with Gasteiger partial charge in [0, 0.05) is 10.6 Å². The first kappa shape index (κ1) is 14.6. The minimum absolute atomic E-state index is 0.173. The number of fused-ring (bicyclic) bond motifs is 2. The van der Waals surface area contributed by atoms with Gasteiger partial charge in [-0.2, -0.15) is 0 Å². The Morgan fingerprint density at radius 1 is 1.26 bits per heavy atom. The first-order valence-corrected chi connectivity index (χ1v) is 9.12. The van der Waals surface area contributed by atoms with E-state index in [-0.39, 0.29) is 5.41 Å². The number of carbonyl (C=O) groups is 1. The standard InChI is InChI=1S/C19H19NO2S/c1-23-14-4-2-3-12(9-14)17-11-19(7-8-19)15-10-13(18(21)22)5-6-16(15)20-17/h2-6,9-10,17,20H,7-8,11H2,1H3,(H,21,22). The molecule has 0 bridgehead atoms. The van der Waals surface area contributed by atoms with Crippen LogP contribution in [0.4, 0.5) is 5.69 Å². The average molecular weight is 325 g/mol. The second kappa shape index (κ2) is 5.31. The lowest BCUT2D eigenvalue weighted by Gasteiger charge is -2.34. The van der Waals surface area contributed by atoms with E-state index in [9.17, 15) is 9.90 Å². The molecule has 118 valence electrons. The lowest BCUT2D eigenvalue weighted by molar-refractivity contribution is 0.0696. The van der Waals surface area contributed by atoms with Crippen LogP contribution in [0.25, 0.3) is 0 Å². The van der Waals surface area contributed by atoms with Crippen LogP contribution in [-0.2, 0) is 5.41 Å². The van der Waals surface area contributed by atoms with Crippen molar-refractivity contribution in [1.82, 2.24) is 0 Å². The largest absolute Gasteiger partial charge is 0.478 e. The Morgan fingerprint density at radius 3 is 2.78 bits per heavy atom. The van der Waals surface area contributed by atoms with Crippen LogP contribution in [-0.4, -0.2) is 17.3 Å². The topological polar surface area (TPSA) is 49.3 Å². The summed E-state index contributed by atoms with van der Waals surface area (Å²) in [5.74, 6) is -0.849. The SMILES string of the molecule is CSc1cccc(C2CC3(CC3)c3cc(C(=O)O)ccc3N2)c1. The maximum Gasteiger partial charge on any atom is 0.335 e. The van der Waals surface area contributed by atoms with Gasteiger partial charge in [0.15, 0.2) is 0 Å². The first-order chi connectivity index (χ1) is 11.1. The van der Waals surface area contributed by atoms with Crippen molar-refractivity contribution in [3.63, 3.8) is 0 Å². The van der Waals surface area contributed by atoms with Gasteiger partial charge in [0.1, 0.15) is 0 Å². The normalized spacial score (nSPS) is 20.7. The Bertz CT molecular complexity index is 783. The smallest absolute Gasteiger partial charge is 0.335 e. The zero-order chi connectivity index (χ0) is 16.0. The molecule has 1 aliphatic carbocycles. The van der Waals surface area contributed by atoms with Crippen LogP contribution >= 0.6 is 11.8 Å². The number of rotatable bonds is 3. The number of carboxylic acids is 1. The van der Waals surface area contributed by atoms with Crippen LogP contribution in [0, 0.1) is 0 Å². The summed E-state index contributed by atoms with van der Waals surface area (Å²) in [6.07, 6.45) is 5.45. The molecule has 0 amide bonds. The molecule has 4 rings (SSSR count). The Balaban J connectivity index is 1.72. The van der Waals surface area contributed by atoms with E-state index in [4.69, 9.17) is 0 Å². The van der Waals surface area contributed by atoms with E-state index in [1.54, 1.807) is 17.8 Å². The Kier molecular flexibility index (Phi) is 3.38. The third kappa shape index (κ3) is 2.51. The summed E-state index contributed by atoms with van der Waals surface area (Å²) in [6, 6.07) is 14.5. The van der Waals surface area contributed by atoms with Gasteiger partial charge in [-0.15, -0.1) is 11.8 Å². The average Bonchev–Trinajstić information content (AvgIpc) is 3.34. The molecule has 0 aromatic heterocycles. The molecule has 1 unspecified atom stereocenters. The van der Waals surface area contributed by atoms with Crippen LogP contribution in [0.15, 0.2) is 47.4 Å². The zero-order valence-corrected chi connectivity index (χ0v) is 13.8. The highest BCUT2D eigenvalue weighted by Gasteiger charge is 2.49. The Hall–Kier alpha value is -1.94. The van der Waals surface area contributed by atoms with Crippen molar-refractivity contribution in [1.29, 1.82) is 0 Å². The molecule has 0 radical (unpaired) electrons. The molecule has 1 fully saturated rings. The van der Waals surface area contributed by atoms with E-state index in [0.717, 1.165) is 24.9 Å². The van der Waals surface area contributed by atoms with Gasteiger partial charge in [0.2, 0.25) is 0 Å². The number of thioether (sulfide) groups is 1.